The molecule has 0 spiro atoms. The molecule has 4 nitrogen and oxygen atoms in total. The van der Waals surface area contributed by atoms with Gasteiger partial charge in [-0.15, -0.1) is 11.8 Å². The molecule has 2 aromatic rings. The van der Waals surface area contributed by atoms with Gasteiger partial charge in [-0.2, -0.15) is 0 Å². The maximum absolute atomic E-state index is 12.3. The summed E-state index contributed by atoms with van der Waals surface area (Å²) in [6.45, 7) is 0. The molecule has 130 valence electrons. The van der Waals surface area contributed by atoms with Crippen molar-refractivity contribution in [3.8, 4) is 0 Å². The standard InChI is InChI=1S/C20H21NO3S/c22-19(21-17-11-10-16(12-17)20(23)24)15-8-6-14(7-9-15)13-25-18-4-2-1-3-5-18/h1-9,16-17H,10-13H2,(H,21,22)(H,23,24)/t16-,17+/m1/s1. The van der Waals surface area contributed by atoms with Crippen molar-refractivity contribution in [2.75, 3.05) is 0 Å². The van der Waals surface area contributed by atoms with E-state index in [0.717, 1.165) is 17.7 Å². The average molecular weight is 355 g/mol. The van der Waals surface area contributed by atoms with E-state index in [9.17, 15) is 9.59 Å². The largest absolute Gasteiger partial charge is 0.481 e. The first-order valence-electron chi connectivity index (χ1n) is 8.42. The molecule has 0 unspecified atom stereocenters. The number of aliphatic carboxylic acids is 1. The first-order valence-corrected chi connectivity index (χ1v) is 9.41. The fraction of sp³-hybridized carbons (Fsp3) is 0.300. The van der Waals surface area contributed by atoms with Gasteiger partial charge in [-0.25, -0.2) is 0 Å². The van der Waals surface area contributed by atoms with Crippen LogP contribution in [0.15, 0.2) is 59.5 Å². The number of thioether (sulfide) groups is 1. The second-order valence-corrected chi connectivity index (χ2v) is 7.37. The summed E-state index contributed by atoms with van der Waals surface area (Å²) >= 11 is 1.76. The van der Waals surface area contributed by atoms with Crippen LogP contribution in [-0.2, 0) is 10.5 Å². The number of carbonyl (C=O) groups excluding carboxylic acids is 1. The second-order valence-electron chi connectivity index (χ2n) is 6.32. The molecule has 0 aliphatic heterocycles. The summed E-state index contributed by atoms with van der Waals surface area (Å²) in [7, 11) is 0. The zero-order valence-electron chi connectivity index (χ0n) is 13.9. The maximum Gasteiger partial charge on any atom is 0.306 e. The van der Waals surface area contributed by atoms with Crippen LogP contribution in [0.2, 0.25) is 0 Å². The predicted octanol–water partition coefficient (Wildman–Crippen LogP) is 3.96. The Morgan fingerprint density at radius 3 is 2.40 bits per heavy atom. The Kier molecular flexibility index (Phi) is 5.76. The molecule has 25 heavy (non-hydrogen) atoms. The molecular weight excluding hydrogens is 334 g/mol. The third-order valence-corrected chi connectivity index (χ3v) is 5.57. The smallest absolute Gasteiger partial charge is 0.306 e. The van der Waals surface area contributed by atoms with Crippen LogP contribution >= 0.6 is 11.8 Å². The number of benzene rings is 2. The lowest BCUT2D eigenvalue weighted by molar-refractivity contribution is -0.141. The van der Waals surface area contributed by atoms with E-state index in [1.807, 2.05) is 42.5 Å². The van der Waals surface area contributed by atoms with E-state index in [1.54, 1.807) is 11.8 Å². The van der Waals surface area contributed by atoms with Gasteiger partial charge in [-0.3, -0.25) is 9.59 Å². The fourth-order valence-corrected chi connectivity index (χ4v) is 3.92. The quantitative estimate of drug-likeness (QED) is 0.770. The molecule has 0 saturated heterocycles. The highest BCUT2D eigenvalue weighted by atomic mass is 32.2. The SMILES string of the molecule is O=C(N[C@H]1CC[C@@H](C(=O)O)C1)c1ccc(CSc2ccccc2)cc1. The molecule has 0 bridgehead atoms. The summed E-state index contributed by atoms with van der Waals surface area (Å²) in [4.78, 5) is 24.5. The Bertz CT molecular complexity index is 730. The van der Waals surface area contributed by atoms with Crippen molar-refractivity contribution in [2.24, 2.45) is 5.92 Å². The topological polar surface area (TPSA) is 66.4 Å². The van der Waals surface area contributed by atoms with Crippen molar-refractivity contribution < 1.29 is 14.7 Å². The normalized spacial score (nSPS) is 19.5. The first kappa shape index (κ1) is 17.5. The average Bonchev–Trinajstić information content (AvgIpc) is 3.10. The summed E-state index contributed by atoms with van der Waals surface area (Å²) in [5.41, 5.74) is 1.78. The zero-order chi connectivity index (χ0) is 17.6. The Hall–Kier alpha value is -2.27. The van der Waals surface area contributed by atoms with Crippen molar-refractivity contribution in [1.29, 1.82) is 0 Å². The molecule has 1 amide bonds. The predicted molar refractivity (Wildman–Crippen MR) is 98.7 cm³/mol. The van der Waals surface area contributed by atoms with Crippen LogP contribution in [0.1, 0.15) is 35.2 Å². The lowest BCUT2D eigenvalue weighted by Crippen LogP contribution is -2.33. The van der Waals surface area contributed by atoms with E-state index >= 15 is 0 Å². The minimum absolute atomic E-state index is 0.0399. The molecule has 1 aliphatic rings. The number of amides is 1. The van der Waals surface area contributed by atoms with Gasteiger partial charge in [0.2, 0.25) is 0 Å². The summed E-state index contributed by atoms with van der Waals surface area (Å²) in [5.74, 6) is -0.368. The molecule has 2 aromatic carbocycles. The van der Waals surface area contributed by atoms with Gasteiger partial charge < -0.3 is 10.4 Å². The molecule has 0 aromatic heterocycles. The van der Waals surface area contributed by atoms with Crippen LogP contribution in [-0.4, -0.2) is 23.0 Å². The molecule has 1 aliphatic carbocycles. The van der Waals surface area contributed by atoms with Gasteiger partial charge in [0.15, 0.2) is 0 Å². The number of hydrogen-bond acceptors (Lipinski definition) is 3. The van der Waals surface area contributed by atoms with Gasteiger partial charge in [0.25, 0.3) is 5.91 Å². The van der Waals surface area contributed by atoms with Gasteiger partial charge in [-0.1, -0.05) is 30.3 Å². The minimum Gasteiger partial charge on any atom is -0.481 e. The maximum atomic E-state index is 12.3. The summed E-state index contributed by atoms with van der Waals surface area (Å²) in [6.07, 6.45) is 1.89. The molecule has 0 radical (unpaired) electrons. The van der Waals surface area contributed by atoms with Crippen LogP contribution in [0, 0.1) is 5.92 Å². The van der Waals surface area contributed by atoms with E-state index in [1.165, 1.54) is 4.90 Å². The highest BCUT2D eigenvalue weighted by Crippen LogP contribution is 2.26. The number of carboxylic acids is 1. The Morgan fingerprint density at radius 2 is 1.76 bits per heavy atom. The van der Waals surface area contributed by atoms with Gasteiger partial charge in [0.05, 0.1) is 5.92 Å². The molecule has 5 heteroatoms. The molecule has 0 heterocycles. The van der Waals surface area contributed by atoms with Gasteiger partial charge in [0, 0.05) is 22.3 Å². The van der Waals surface area contributed by atoms with Crippen molar-refractivity contribution in [3.63, 3.8) is 0 Å². The first-order chi connectivity index (χ1) is 12.1. The number of hydrogen-bond donors (Lipinski definition) is 2. The van der Waals surface area contributed by atoms with Crippen LogP contribution in [0.25, 0.3) is 0 Å². The van der Waals surface area contributed by atoms with Crippen molar-refractivity contribution in [1.82, 2.24) is 5.32 Å². The lowest BCUT2D eigenvalue weighted by atomic mass is 10.1. The van der Waals surface area contributed by atoms with E-state index < -0.39 is 5.97 Å². The van der Waals surface area contributed by atoms with Crippen molar-refractivity contribution in [2.45, 2.75) is 36.0 Å². The highest BCUT2D eigenvalue weighted by molar-refractivity contribution is 7.98. The number of carbonyl (C=O) groups is 2. The molecule has 1 fully saturated rings. The summed E-state index contributed by atoms with van der Waals surface area (Å²) in [6, 6.07) is 17.8. The second kappa shape index (κ2) is 8.21. The van der Waals surface area contributed by atoms with Crippen LogP contribution in [0.3, 0.4) is 0 Å². The molecule has 2 N–H and O–H groups in total. The molecule has 2 atom stereocenters. The third kappa shape index (κ3) is 4.86. The number of nitrogens with one attached hydrogen (secondary N) is 1. The van der Waals surface area contributed by atoms with E-state index in [-0.39, 0.29) is 17.9 Å². The Morgan fingerprint density at radius 1 is 1.04 bits per heavy atom. The minimum atomic E-state index is -0.767. The Balaban J connectivity index is 1.51. The van der Waals surface area contributed by atoms with E-state index in [0.29, 0.717) is 18.4 Å². The van der Waals surface area contributed by atoms with Crippen LogP contribution in [0.5, 0.6) is 0 Å². The summed E-state index contributed by atoms with van der Waals surface area (Å²) < 4.78 is 0. The zero-order valence-corrected chi connectivity index (χ0v) is 14.7. The van der Waals surface area contributed by atoms with E-state index in [2.05, 4.69) is 17.4 Å². The van der Waals surface area contributed by atoms with Crippen LogP contribution in [0.4, 0.5) is 0 Å². The van der Waals surface area contributed by atoms with Crippen molar-refractivity contribution in [3.05, 3.63) is 65.7 Å². The molecule has 1 saturated carbocycles. The van der Waals surface area contributed by atoms with Gasteiger partial charge >= 0.3 is 5.97 Å². The third-order valence-electron chi connectivity index (χ3n) is 4.48. The summed E-state index contributed by atoms with van der Waals surface area (Å²) in [5, 5.41) is 12.0. The Labute approximate surface area is 151 Å². The van der Waals surface area contributed by atoms with E-state index in [4.69, 9.17) is 5.11 Å². The van der Waals surface area contributed by atoms with Gasteiger partial charge in [-0.05, 0) is 49.1 Å². The molecule has 3 rings (SSSR count). The number of carboxylic acid groups (broad SMARTS) is 1. The number of rotatable bonds is 6. The van der Waals surface area contributed by atoms with Gasteiger partial charge in [0.1, 0.15) is 0 Å². The highest BCUT2D eigenvalue weighted by Gasteiger charge is 2.30. The molecular formula is C20H21NO3S. The van der Waals surface area contributed by atoms with Crippen molar-refractivity contribution >= 4 is 23.6 Å². The van der Waals surface area contributed by atoms with Crippen LogP contribution < -0.4 is 5.32 Å². The fourth-order valence-electron chi connectivity index (χ4n) is 3.04. The monoisotopic (exact) mass is 355 g/mol. The lowest BCUT2D eigenvalue weighted by Gasteiger charge is -2.12.